The highest BCUT2D eigenvalue weighted by Gasteiger charge is 2.35. The number of aryl methyl sites for hydroxylation is 1. The molecule has 5 N–H and O–H groups in total. The third-order valence-corrected chi connectivity index (χ3v) is 7.00. The van der Waals surface area contributed by atoms with Gasteiger partial charge in [0.25, 0.3) is 11.8 Å². The summed E-state index contributed by atoms with van der Waals surface area (Å²) in [5.74, 6) is -1.11. The van der Waals surface area contributed by atoms with Gasteiger partial charge < -0.3 is 26.4 Å². The van der Waals surface area contributed by atoms with Crippen molar-refractivity contribution in [3.05, 3.63) is 46.0 Å². The van der Waals surface area contributed by atoms with E-state index in [9.17, 15) is 14.4 Å². The molecule has 0 spiro atoms. The van der Waals surface area contributed by atoms with Crippen molar-refractivity contribution in [2.45, 2.75) is 33.2 Å². The first-order valence-corrected chi connectivity index (χ1v) is 13.0. The van der Waals surface area contributed by atoms with E-state index in [4.69, 9.17) is 16.2 Å². The number of nitrogens with zero attached hydrogens (tertiary/aromatic N) is 3. The van der Waals surface area contributed by atoms with Gasteiger partial charge in [0.05, 0.1) is 18.9 Å². The number of anilines is 1. The van der Waals surface area contributed by atoms with Gasteiger partial charge in [0.1, 0.15) is 10.9 Å². The number of primary amides is 1. The Morgan fingerprint density at radius 2 is 1.86 bits per heavy atom. The molecule has 36 heavy (non-hydrogen) atoms. The summed E-state index contributed by atoms with van der Waals surface area (Å²) in [7, 11) is 0. The number of aromatic nitrogens is 1. The van der Waals surface area contributed by atoms with E-state index in [2.05, 4.69) is 28.4 Å². The lowest BCUT2D eigenvalue weighted by molar-refractivity contribution is -0.126. The van der Waals surface area contributed by atoms with Crippen LogP contribution >= 0.6 is 11.5 Å². The van der Waals surface area contributed by atoms with Gasteiger partial charge in [-0.15, -0.1) is 0 Å². The summed E-state index contributed by atoms with van der Waals surface area (Å²) in [5.41, 5.74) is 13.0. The fraction of sp³-hybridized carbons (Fsp3) is 0.520. The number of hydrogen-bond acceptors (Lipinski definition) is 8. The van der Waals surface area contributed by atoms with Crippen molar-refractivity contribution in [2.75, 3.05) is 51.7 Å². The van der Waals surface area contributed by atoms with Crippen molar-refractivity contribution in [1.29, 1.82) is 0 Å². The molecular formula is C25H36N6O4S. The Labute approximate surface area is 216 Å². The Morgan fingerprint density at radius 1 is 1.19 bits per heavy atom. The zero-order valence-corrected chi connectivity index (χ0v) is 22.0. The van der Waals surface area contributed by atoms with E-state index < -0.39 is 17.9 Å². The highest BCUT2D eigenvalue weighted by Crippen LogP contribution is 2.29. The topological polar surface area (TPSA) is 144 Å². The van der Waals surface area contributed by atoms with Crippen LogP contribution in [0, 0.1) is 12.8 Å². The number of rotatable bonds is 11. The van der Waals surface area contributed by atoms with Crippen molar-refractivity contribution in [3.63, 3.8) is 0 Å². The van der Waals surface area contributed by atoms with Crippen LogP contribution in [-0.2, 0) is 9.53 Å². The minimum Gasteiger partial charge on any atom is -0.395 e. The predicted molar refractivity (Wildman–Crippen MR) is 140 cm³/mol. The number of ether oxygens (including phenoxy) is 1. The lowest BCUT2D eigenvalue weighted by atomic mass is 10.0. The summed E-state index contributed by atoms with van der Waals surface area (Å²) in [6, 6.07) is 6.68. The average Bonchev–Trinajstić information content (AvgIpc) is 3.24. The smallest absolute Gasteiger partial charge is 0.270 e. The highest BCUT2D eigenvalue weighted by molar-refractivity contribution is 7.09. The van der Waals surface area contributed by atoms with Crippen molar-refractivity contribution < 1.29 is 19.1 Å². The molecule has 0 radical (unpaired) electrons. The molecule has 1 fully saturated rings. The van der Waals surface area contributed by atoms with E-state index in [1.807, 2.05) is 31.2 Å². The van der Waals surface area contributed by atoms with Crippen molar-refractivity contribution in [1.82, 2.24) is 19.5 Å². The minimum atomic E-state index is -0.884. The lowest BCUT2D eigenvalue weighted by Gasteiger charge is -2.34. The molecular weight excluding hydrogens is 480 g/mol. The van der Waals surface area contributed by atoms with Crippen molar-refractivity contribution in [2.24, 2.45) is 11.7 Å². The summed E-state index contributed by atoms with van der Waals surface area (Å²) < 4.78 is 9.43. The molecule has 3 rings (SSSR count). The zero-order valence-electron chi connectivity index (χ0n) is 21.2. The molecule has 0 aliphatic carbocycles. The maximum atomic E-state index is 13.9. The third kappa shape index (κ3) is 7.02. The van der Waals surface area contributed by atoms with Gasteiger partial charge in [-0.2, -0.15) is 4.37 Å². The molecule has 3 amide bonds. The standard InChI is InChI=1S/C25H36N6O4S/c1-16(2)8-9-28-24(33)21(18-6-4-17(3)5-7-18)31(11-10-30-12-14-35-15-13-30)25(34)22-19(26)20(23(27)32)29-36-22/h4-7,16,21H,8-15,26H2,1-3H3,(H2,27,32)(H,28,33)/t21-/m0/s1. The van der Waals surface area contributed by atoms with Crippen LogP contribution in [0.2, 0.25) is 0 Å². The molecule has 1 aromatic heterocycles. The number of hydrogen-bond donors (Lipinski definition) is 3. The van der Waals surface area contributed by atoms with Crippen LogP contribution in [0.1, 0.15) is 57.6 Å². The molecule has 1 aliphatic heterocycles. The zero-order chi connectivity index (χ0) is 26.2. The van der Waals surface area contributed by atoms with Gasteiger partial charge in [-0.05, 0) is 36.4 Å². The normalized spacial score (nSPS) is 15.0. The van der Waals surface area contributed by atoms with E-state index in [1.165, 1.54) is 4.90 Å². The Kier molecular flexibility index (Phi) is 9.80. The van der Waals surface area contributed by atoms with E-state index in [1.54, 1.807) is 0 Å². The van der Waals surface area contributed by atoms with Gasteiger partial charge in [0.15, 0.2) is 5.69 Å². The quantitative estimate of drug-likeness (QED) is 0.413. The Hall–Kier alpha value is -3.02. The molecule has 2 aromatic rings. The Morgan fingerprint density at radius 3 is 2.44 bits per heavy atom. The lowest BCUT2D eigenvalue weighted by Crippen LogP contribution is -2.48. The molecule has 196 valence electrons. The van der Waals surface area contributed by atoms with Crippen LogP contribution in [-0.4, -0.2) is 77.8 Å². The van der Waals surface area contributed by atoms with E-state index in [0.29, 0.717) is 37.8 Å². The molecule has 0 unspecified atom stereocenters. The molecule has 2 heterocycles. The molecule has 1 atom stereocenters. The Bertz CT molecular complexity index is 1050. The van der Waals surface area contributed by atoms with Crippen LogP contribution in [0.15, 0.2) is 24.3 Å². The van der Waals surface area contributed by atoms with E-state index in [0.717, 1.165) is 36.6 Å². The first kappa shape index (κ1) is 27.6. The monoisotopic (exact) mass is 516 g/mol. The van der Waals surface area contributed by atoms with Crippen LogP contribution in [0.3, 0.4) is 0 Å². The van der Waals surface area contributed by atoms with Crippen LogP contribution < -0.4 is 16.8 Å². The summed E-state index contributed by atoms with van der Waals surface area (Å²) in [4.78, 5) is 43.0. The summed E-state index contributed by atoms with van der Waals surface area (Å²) >= 11 is 0.819. The van der Waals surface area contributed by atoms with Crippen LogP contribution in [0.5, 0.6) is 0 Å². The first-order chi connectivity index (χ1) is 17.2. The second-order valence-corrected chi connectivity index (χ2v) is 10.2. The summed E-state index contributed by atoms with van der Waals surface area (Å²) in [6.07, 6.45) is 0.817. The Balaban J connectivity index is 1.98. The second-order valence-electron chi connectivity index (χ2n) is 9.38. The van der Waals surface area contributed by atoms with Gasteiger partial charge >= 0.3 is 0 Å². The molecule has 0 saturated carbocycles. The molecule has 10 nitrogen and oxygen atoms in total. The van der Waals surface area contributed by atoms with Crippen LogP contribution in [0.25, 0.3) is 0 Å². The molecule has 11 heteroatoms. The molecule has 1 saturated heterocycles. The van der Waals surface area contributed by atoms with E-state index in [-0.39, 0.29) is 28.7 Å². The van der Waals surface area contributed by atoms with Gasteiger partial charge in [0.2, 0.25) is 5.91 Å². The third-order valence-electron chi connectivity index (χ3n) is 6.15. The fourth-order valence-corrected chi connectivity index (χ4v) is 4.74. The summed E-state index contributed by atoms with van der Waals surface area (Å²) in [6.45, 7) is 10.2. The largest absolute Gasteiger partial charge is 0.395 e. The number of nitrogen functional groups attached to an aromatic ring is 1. The highest BCUT2D eigenvalue weighted by atomic mass is 32.1. The first-order valence-electron chi connectivity index (χ1n) is 12.2. The number of benzene rings is 1. The second kappa shape index (κ2) is 12.8. The SMILES string of the molecule is Cc1ccc([C@@H](C(=O)NCCC(C)C)N(CCN2CCOCC2)C(=O)c2snc(C(N)=O)c2N)cc1. The van der Waals surface area contributed by atoms with Gasteiger partial charge in [-0.3, -0.25) is 19.3 Å². The number of amides is 3. The molecule has 0 bridgehead atoms. The van der Waals surface area contributed by atoms with Gasteiger partial charge in [-0.1, -0.05) is 43.7 Å². The predicted octanol–water partition coefficient (Wildman–Crippen LogP) is 1.81. The number of morpholine rings is 1. The van der Waals surface area contributed by atoms with Gasteiger partial charge in [-0.25, -0.2) is 0 Å². The fourth-order valence-electron chi connectivity index (χ4n) is 3.98. The maximum Gasteiger partial charge on any atom is 0.270 e. The van der Waals surface area contributed by atoms with Crippen molar-refractivity contribution in [3.8, 4) is 0 Å². The van der Waals surface area contributed by atoms with Crippen LogP contribution in [0.4, 0.5) is 5.69 Å². The minimum absolute atomic E-state index is 0.0586. The average molecular weight is 517 g/mol. The number of nitrogens with one attached hydrogen (secondary N) is 1. The van der Waals surface area contributed by atoms with E-state index >= 15 is 0 Å². The number of carbonyl (C=O) groups is 3. The number of nitrogens with two attached hydrogens (primary N) is 2. The summed E-state index contributed by atoms with van der Waals surface area (Å²) in [5, 5.41) is 3.01. The maximum absolute atomic E-state index is 13.9. The van der Waals surface area contributed by atoms with Gasteiger partial charge in [0, 0.05) is 32.7 Å². The molecule has 1 aliphatic rings. The number of carbonyl (C=O) groups excluding carboxylic acids is 3. The van der Waals surface area contributed by atoms with Crippen molar-refractivity contribution >= 4 is 34.9 Å². The molecule has 1 aromatic carbocycles.